The minimum absolute atomic E-state index is 0.178. The third-order valence-electron chi connectivity index (χ3n) is 3.32. The van der Waals surface area contributed by atoms with Gasteiger partial charge in [-0.15, -0.1) is 5.10 Å². The average Bonchev–Trinajstić information content (AvgIpc) is 2.55. The van der Waals surface area contributed by atoms with Crippen molar-refractivity contribution >= 4 is 23.1 Å². The van der Waals surface area contributed by atoms with Gasteiger partial charge in [-0.1, -0.05) is 12.1 Å². The maximum atomic E-state index is 12.6. The zero-order valence-corrected chi connectivity index (χ0v) is 13.2. The number of aromatic nitrogens is 3. The molecule has 2 aromatic carbocycles. The van der Waals surface area contributed by atoms with Gasteiger partial charge in [0.15, 0.2) is 5.82 Å². The lowest BCUT2D eigenvalue weighted by Gasteiger charge is -2.09. The zero-order valence-electron chi connectivity index (χ0n) is 13.2. The number of benzene rings is 2. The Balaban J connectivity index is 1.73. The van der Waals surface area contributed by atoms with Crippen LogP contribution < -0.4 is 10.6 Å². The number of alkyl halides is 3. The van der Waals surface area contributed by atoms with Gasteiger partial charge < -0.3 is 10.6 Å². The van der Waals surface area contributed by atoms with Crippen molar-refractivity contribution in [3.05, 3.63) is 65.9 Å². The molecule has 0 unspecified atom stereocenters. The van der Waals surface area contributed by atoms with Crippen LogP contribution in [-0.2, 0) is 6.18 Å². The van der Waals surface area contributed by atoms with Gasteiger partial charge in [0.25, 0.3) is 0 Å². The van der Waals surface area contributed by atoms with Gasteiger partial charge in [0.2, 0.25) is 5.95 Å². The molecule has 0 aliphatic heterocycles. The van der Waals surface area contributed by atoms with E-state index < -0.39 is 11.7 Å². The highest BCUT2D eigenvalue weighted by Gasteiger charge is 2.29. The molecule has 2 N–H and O–H groups in total. The first-order valence-corrected chi connectivity index (χ1v) is 7.38. The molecular weight excluding hydrogens is 331 g/mol. The number of aryl methyl sites for hydroxylation is 1. The van der Waals surface area contributed by atoms with Gasteiger partial charge in [-0.3, -0.25) is 0 Å². The molecular formula is C17H14F3N5. The first kappa shape index (κ1) is 16.7. The minimum atomic E-state index is -4.37. The summed E-state index contributed by atoms with van der Waals surface area (Å²) in [7, 11) is 0. The molecule has 0 radical (unpaired) electrons. The van der Waals surface area contributed by atoms with Crippen molar-refractivity contribution in [1.29, 1.82) is 0 Å². The maximum absolute atomic E-state index is 12.6. The lowest BCUT2D eigenvalue weighted by atomic mass is 10.2. The fourth-order valence-corrected chi connectivity index (χ4v) is 2.16. The van der Waals surface area contributed by atoms with Gasteiger partial charge in [0.1, 0.15) is 0 Å². The Labute approximate surface area is 141 Å². The molecule has 0 saturated heterocycles. The molecule has 5 nitrogen and oxygen atoms in total. The van der Waals surface area contributed by atoms with Crippen molar-refractivity contribution in [3.63, 3.8) is 0 Å². The summed E-state index contributed by atoms with van der Waals surface area (Å²) in [5.74, 6) is 0.646. The smallest absolute Gasteiger partial charge is 0.339 e. The fraction of sp³-hybridized carbons (Fsp3) is 0.118. The maximum Gasteiger partial charge on any atom is 0.416 e. The van der Waals surface area contributed by atoms with Gasteiger partial charge in [0, 0.05) is 11.4 Å². The van der Waals surface area contributed by atoms with E-state index >= 15 is 0 Å². The third kappa shape index (κ3) is 4.43. The summed E-state index contributed by atoms with van der Waals surface area (Å²) < 4.78 is 37.7. The zero-order chi connectivity index (χ0) is 17.9. The van der Waals surface area contributed by atoms with E-state index in [4.69, 9.17) is 0 Å². The van der Waals surface area contributed by atoms with Crippen molar-refractivity contribution in [2.24, 2.45) is 0 Å². The number of halogens is 3. The molecule has 0 bridgehead atoms. The largest absolute Gasteiger partial charge is 0.416 e. The molecule has 1 aromatic heterocycles. The van der Waals surface area contributed by atoms with Gasteiger partial charge in [-0.25, -0.2) is 0 Å². The van der Waals surface area contributed by atoms with Crippen molar-refractivity contribution in [3.8, 4) is 0 Å². The summed E-state index contributed by atoms with van der Waals surface area (Å²) in [6.45, 7) is 1.97. The van der Waals surface area contributed by atoms with Crippen LogP contribution in [-0.4, -0.2) is 15.2 Å². The molecule has 8 heteroatoms. The van der Waals surface area contributed by atoms with E-state index in [1.807, 2.05) is 31.2 Å². The van der Waals surface area contributed by atoms with Gasteiger partial charge in [-0.2, -0.15) is 23.3 Å². The molecule has 3 aromatic rings. The number of hydrogen-bond donors (Lipinski definition) is 2. The highest BCUT2D eigenvalue weighted by atomic mass is 19.4. The standard InChI is InChI=1S/C17H14F3N5/c1-11-3-2-4-14(9-11)22-15-10-21-25-16(24-15)23-13-7-5-12(6-8-13)17(18,19)20/h2-10H,1H3,(H2,22,23,24,25). The predicted octanol–water partition coefficient (Wildman–Crippen LogP) is 4.69. The highest BCUT2D eigenvalue weighted by Crippen LogP contribution is 2.30. The molecule has 0 atom stereocenters. The van der Waals surface area contributed by atoms with E-state index in [0.29, 0.717) is 11.5 Å². The Kier molecular flexibility index (Phi) is 4.51. The molecule has 0 aliphatic carbocycles. The van der Waals surface area contributed by atoms with E-state index in [2.05, 4.69) is 25.8 Å². The Morgan fingerprint density at radius 2 is 1.68 bits per heavy atom. The van der Waals surface area contributed by atoms with Crippen molar-refractivity contribution in [2.75, 3.05) is 10.6 Å². The van der Waals surface area contributed by atoms with Crippen LogP contribution in [0.15, 0.2) is 54.7 Å². The summed E-state index contributed by atoms with van der Waals surface area (Å²) in [6, 6.07) is 12.3. The molecule has 3 rings (SSSR count). The Bertz CT molecular complexity index is 863. The molecule has 0 amide bonds. The second-order valence-electron chi connectivity index (χ2n) is 5.36. The number of nitrogens with zero attached hydrogens (tertiary/aromatic N) is 3. The molecule has 128 valence electrons. The molecule has 0 spiro atoms. The lowest BCUT2D eigenvalue weighted by Crippen LogP contribution is -2.05. The molecule has 25 heavy (non-hydrogen) atoms. The molecule has 1 heterocycles. The van der Waals surface area contributed by atoms with Crippen LogP contribution in [0.1, 0.15) is 11.1 Å². The van der Waals surface area contributed by atoms with Crippen LogP contribution in [0.2, 0.25) is 0 Å². The van der Waals surface area contributed by atoms with E-state index in [1.165, 1.54) is 18.3 Å². The first-order valence-electron chi connectivity index (χ1n) is 7.38. The second-order valence-corrected chi connectivity index (χ2v) is 5.36. The predicted molar refractivity (Wildman–Crippen MR) is 89.0 cm³/mol. The quantitative estimate of drug-likeness (QED) is 0.718. The van der Waals surface area contributed by atoms with Crippen LogP contribution in [0.5, 0.6) is 0 Å². The average molecular weight is 345 g/mol. The van der Waals surface area contributed by atoms with Gasteiger partial charge in [-0.05, 0) is 48.9 Å². The Hall–Kier alpha value is -3.16. The second kappa shape index (κ2) is 6.76. The van der Waals surface area contributed by atoms with Crippen molar-refractivity contribution in [2.45, 2.75) is 13.1 Å². The number of anilines is 4. The number of nitrogens with one attached hydrogen (secondary N) is 2. The Morgan fingerprint density at radius 3 is 2.36 bits per heavy atom. The van der Waals surface area contributed by atoms with Gasteiger partial charge in [0.05, 0.1) is 11.8 Å². The van der Waals surface area contributed by atoms with Crippen LogP contribution in [0.25, 0.3) is 0 Å². The minimum Gasteiger partial charge on any atom is -0.339 e. The fourth-order valence-electron chi connectivity index (χ4n) is 2.16. The summed E-state index contributed by atoms with van der Waals surface area (Å²) in [5, 5.41) is 13.6. The number of rotatable bonds is 4. The van der Waals surface area contributed by atoms with E-state index in [0.717, 1.165) is 23.4 Å². The SMILES string of the molecule is Cc1cccc(Nc2cnnc(Nc3ccc(C(F)(F)F)cc3)n2)c1. The Morgan fingerprint density at radius 1 is 0.920 bits per heavy atom. The van der Waals surface area contributed by atoms with Gasteiger partial charge >= 0.3 is 6.18 Å². The lowest BCUT2D eigenvalue weighted by molar-refractivity contribution is -0.137. The summed E-state index contributed by atoms with van der Waals surface area (Å²) in [4.78, 5) is 4.25. The third-order valence-corrected chi connectivity index (χ3v) is 3.32. The van der Waals surface area contributed by atoms with Crippen LogP contribution in [0, 0.1) is 6.92 Å². The topological polar surface area (TPSA) is 62.7 Å². The van der Waals surface area contributed by atoms with E-state index in [-0.39, 0.29) is 5.95 Å². The van der Waals surface area contributed by atoms with Crippen LogP contribution in [0.4, 0.5) is 36.3 Å². The van der Waals surface area contributed by atoms with E-state index in [1.54, 1.807) is 0 Å². The summed E-state index contributed by atoms with van der Waals surface area (Å²) >= 11 is 0. The van der Waals surface area contributed by atoms with E-state index in [9.17, 15) is 13.2 Å². The molecule has 0 fully saturated rings. The normalized spacial score (nSPS) is 11.2. The van der Waals surface area contributed by atoms with Crippen molar-refractivity contribution in [1.82, 2.24) is 15.2 Å². The highest BCUT2D eigenvalue weighted by molar-refractivity contribution is 5.59. The van der Waals surface area contributed by atoms with Crippen LogP contribution in [0.3, 0.4) is 0 Å². The first-order chi connectivity index (χ1) is 11.9. The molecule has 0 saturated carbocycles. The summed E-state index contributed by atoms with van der Waals surface area (Å²) in [5.41, 5.74) is 1.66. The number of hydrogen-bond acceptors (Lipinski definition) is 5. The van der Waals surface area contributed by atoms with Crippen molar-refractivity contribution < 1.29 is 13.2 Å². The van der Waals surface area contributed by atoms with Crippen LogP contribution >= 0.6 is 0 Å². The summed E-state index contributed by atoms with van der Waals surface area (Å²) in [6.07, 6.45) is -2.91. The monoisotopic (exact) mass is 345 g/mol. The molecule has 0 aliphatic rings.